The molecule has 7 nitrogen and oxygen atoms in total. The summed E-state index contributed by atoms with van der Waals surface area (Å²) in [6, 6.07) is 12.1. The number of carbonyl (C=O) groups is 3. The molecule has 1 aliphatic heterocycles. The fourth-order valence-electron chi connectivity index (χ4n) is 3.27. The van der Waals surface area contributed by atoms with E-state index in [-0.39, 0.29) is 11.5 Å². The molecular weight excluding hydrogens is 509 g/mol. The second-order valence-electron chi connectivity index (χ2n) is 7.49. The first kappa shape index (κ1) is 26.2. The van der Waals surface area contributed by atoms with E-state index in [1.54, 1.807) is 36.4 Å². The smallest absolute Gasteiger partial charge is 0.478 e. The summed E-state index contributed by atoms with van der Waals surface area (Å²) in [5.74, 6) is -3.47. The van der Waals surface area contributed by atoms with Gasteiger partial charge < -0.3 is 20.4 Å². The first-order valence-electron chi connectivity index (χ1n) is 9.87. The van der Waals surface area contributed by atoms with Crippen molar-refractivity contribution in [1.29, 1.82) is 0 Å². The Morgan fingerprint density at radius 3 is 2.21 bits per heavy atom. The maximum atomic E-state index is 12.4. The number of rotatable bonds is 4. The summed E-state index contributed by atoms with van der Waals surface area (Å²) in [5.41, 5.74) is 1.92. The third kappa shape index (κ3) is 7.77. The summed E-state index contributed by atoms with van der Waals surface area (Å²) in [4.78, 5) is 35.1. The monoisotopic (exact) mass is 530 g/mol. The number of nitrogens with zero attached hydrogens (tertiary/aromatic N) is 1. The van der Waals surface area contributed by atoms with Crippen LogP contribution in [0.15, 0.2) is 46.9 Å². The minimum Gasteiger partial charge on any atom is -0.478 e. The molecular formula is C22H22BrF3N2O5. The van der Waals surface area contributed by atoms with Crippen LogP contribution >= 0.6 is 15.9 Å². The van der Waals surface area contributed by atoms with Gasteiger partial charge in [-0.3, -0.25) is 4.79 Å². The lowest BCUT2D eigenvalue weighted by Crippen LogP contribution is -2.35. The zero-order chi connectivity index (χ0) is 24.8. The van der Waals surface area contributed by atoms with Crippen LogP contribution in [0.5, 0.6) is 0 Å². The van der Waals surface area contributed by atoms with Crippen molar-refractivity contribution >= 4 is 45.2 Å². The molecule has 2 aromatic carbocycles. The van der Waals surface area contributed by atoms with E-state index in [9.17, 15) is 27.9 Å². The van der Waals surface area contributed by atoms with Crippen LogP contribution in [0.4, 0.5) is 24.5 Å². The third-order valence-electron chi connectivity index (χ3n) is 4.83. The zero-order valence-electron chi connectivity index (χ0n) is 17.5. The van der Waals surface area contributed by atoms with Crippen LogP contribution in [-0.4, -0.2) is 47.3 Å². The SMILES string of the molecule is CC1CCCN(c2ccc(NC(=O)c3ccc(Br)cc3)cc2C(=O)O)C1.O=C(O)C(F)(F)F. The molecule has 1 atom stereocenters. The lowest BCUT2D eigenvalue weighted by molar-refractivity contribution is -0.192. The molecule has 0 saturated carbocycles. The van der Waals surface area contributed by atoms with E-state index in [0.717, 1.165) is 24.0 Å². The summed E-state index contributed by atoms with van der Waals surface area (Å²) < 4.78 is 32.6. The molecule has 0 bridgehead atoms. The standard InChI is InChI=1S/C20H21BrN2O3.C2HF3O2/c1-13-3-2-10-23(12-13)18-9-8-16(11-17(18)20(25)26)22-19(24)14-4-6-15(21)7-5-14;3-2(4,5)1(6)7/h4-9,11,13H,2-3,10,12H2,1H3,(H,22,24)(H,25,26);(H,6,7). The number of hydrogen-bond donors (Lipinski definition) is 3. The fourth-order valence-corrected chi connectivity index (χ4v) is 3.54. The van der Waals surface area contributed by atoms with Crippen molar-refractivity contribution in [3.05, 3.63) is 58.1 Å². The number of anilines is 2. The molecule has 1 amide bonds. The topological polar surface area (TPSA) is 107 Å². The number of alkyl halides is 3. The molecule has 3 N–H and O–H groups in total. The molecule has 2 aromatic rings. The molecule has 0 radical (unpaired) electrons. The Bertz CT molecular complexity index is 1010. The number of aromatic carboxylic acids is 1. The Morgan fingerprint density at radius 2 is 1.70 bits per heavy atom. The van der Waals surface area contributed by atoms with Crippen molar-refractivity contribution in [3.8, 4) is 0 Å². The fraction of sp³-hybridized carbons (Fsp3) is 0.318. The Labute approximate surface area is 196 Å². The van der Waals surface area contributed by atoms with Gasteiger partial charge in [0.2, 0.25) is 0 Å². The molecule has 1 unspecified atom stereocenters. The van der Waals surface area contributed by atoms with Gasteiger partial charge in [-0.2, -0.15) is 13.2 Å². The molecule has 11 heteroatoms. The molecule has 1 heterocycles. The van der Waals surface area contributed by atoms with E-state index in [1.807, 2.05) is 0 Å². The molecule has 3 rings (SSSR count). The number of halogens is 4. The van der Waals surface area contributed by atoms with Crippen LogP contribution in [0.3, 0.4) is 0 Å². The predicted molar refractivity (Wildman–Crippen MR) is 120 cm³/mol. The summed E-state index contributed by atoms with van der Waals surface area (Å²) in [5, 5.41) is 19.5. The van der Waals surface area contributed by atoms with E-state index < -0.39 is 18.1 Å². The molecule has 33 heavy (non-hydrogen) atoms. The van der Waals surface area contributed by atoms with Gasteiger partial charge in [0.05, 0.1) is 11.3 Å². The minimum absolute atomic E-state index is 0.215. The Morgan fingerprint density at radius 1 is 1.09 bits per heavy atom. The van der Waals surface area contributed by atoms with Crippen molar-refractivity contribution in [2.24, 2.45) is 5.92 Å². The number of hydrogen-bond acceptors (Lipinski definition) is 4. The summed E-state index contributed by atoms with van der Waals surface area (Å²) in [6.07, 6.45) is -2.86. The molecule has 0 aliphatic carbocycles. The van der Waals surface area contributed by atoms with Gasteiger partial charge in [-0.05, 0) is 61.2 Å². The zero-order valence-corrected chi connectivity index (χ0v) is 19.1. The van der Waals surface area contributed by atoms with Gasteiger partial charge >= 0.3 is 18.1 Å². The minimum atomic E-state index is -5.08. The van der Waals surface area contributed by atoms with Gasteiger partial charge in [-0.1, -0.05) is 22.9 Å². The number of aliphatic carboxylic acids is 1. The van der Waals surface area contributed by atoms with Gasteiger partial charge in [0.15, 0.2) is 0 Å². The number of piperidine rings is 1. The number of nitrogens with one attached hydrogen (secondary N) is 1. The summed E-state index contributed by atoms with van der Waals surface area (Å²) in [7, 11) is 0. The van der Waals surface area contributed by atoms with Crippen molar-refractivity contribution in [1.82, 2.24) is 0 Å². The van der Waals surface area contributed by atoms with Gasteiger partial charge in [0.25, 0.3) is 5.91 Å². The highest BCUT2D eigenvalue weighted by molar-refractivity contribution is 9.10. The number of carbonyl (C=O) groups excluding carboxylic acids is 1. The molecule has 1 fully saturated rings. The van der Waals surface area contributed by atoms with Gasteiger partial charge in [-0.15, -0.1) is 0 Å². The first-order valence-corrected chi connectivity index (χ1v) is 10.7. The Kier molecular flexibility index (Phi) is 8.86. The number of carboxylic acid groups (broad SMARTS) is 2. The lowest BCUT2D eigenvalue weighted by Gasteiger charge is -2.33. The molecule has 1 saturated heterocycles. The first-order chi connectivity index (χ1) is 15.4. The molecule has 0 spiro atoms. The van der Waals surface area contributed by atoms with E-state index in [2.05, 4.69) is 33.1 Å². The highest BCUT2D eigenvalue weighted by Gasteiger charge is 2.38. The lowest BCUT2D eigenvalue weighted by atomic mass is 9.98. The third-order valence-corrected chi connectivity index (χ3v) is 5.36. The van der Waals surface area contributed by atoms with E-state index in [0.29, 0.717) is 22.9 Å². The van der Waals surface area contributed by atoms with Crippen LogP contribution in [0.25, 0.3) is 0 Å². The highest BCUT2D eigenvalue weighted by atomic mass is 79.9. The van der Waals surface area contributed by atoms with Crippen LogP contribution in [0.1, 0.15) is 40.5 Å². The predicted octanol–water partition coefficient (Wildman–Crippen LogP) is 5.27. The van der Waals surface area contributed by atoms with Crippen molar-refractivity contribution < 1.29 is 37.8 Å². The van der Waals surface area contributed by atoms with Crippen LogP contribution < -0.4 is 10.2 Å². The second kappa shape index (κ2) is 11.2. The van der Waals surface area contributed by atoms with E-state index in [4.69, 9.17) is 9.90 Å². The van der Waals surface area contributed by atoms with Gasteiger partial charge in [0, 0.05) is 28.8 Å². The van der Waals surface area contributed by atoms with Crippen LogP contribution in [-0.2, 0) is 4.79 Å². The summed E-state index contributed by atoms with van der Waals surface area (Å²) >= 11 is 3.34. The van der Waals surface area contributed by atoms with Crippen molar-refractivity contribution in [3.63, 3.8) is 0 Å². The molecule has 0 aromatic heterocycles. The average Bonchev–Trinajstić information content (AvgIpc) is 2.74. The highest BCUT2D eigenvalue weighted by Crippen LogP contribution is 2.29. The largest absolute Gasteiger partial charge is 0.490 e. The van der Waals surface area contributed by atoms with Gasteiger partial charge in [0.1, 0.15) is 0 Å². The second-order valence-corrected chi connectivity index (χ2v) is 8.41. The normalized spacial score (nSPS) is 15.8. The van der Waals surface area contributed by atoms with Gasteiger partial charge in [-0.25, -0.2) is 9.59 Å². The van der Waals surface area contributed by atoms with Crippen molar-refractivity contribution in [2.45, 2.75) is 25.9 Å². The maximum absolute atomic E-state index is 12.4. The number of benzene rings is 2. The molecule has 178 valence electrons. The quantitative estimate of drug-likeness (QED) is 0.497. The average molecular weight is 531 g/mol. The Balaban J connectivity index is 0.000000479. The summed E-state index contributed by atoms with van der Waals surface area (Å²) in [6.45, 7) is 3.89. The van der Waals surface area contributed by atoms with E-state index >= 15 is 0 Å². The number of amides is 1. The molecule has 1 aliphatic rings. The van der Waals surface area contributed by atoms with Crippen molar-refractivity contribution in [2.75, 3.05) is 23.3 Å². The maximum Gasteiger partial charge on any atom is 0.490 e. The van der Waals surface area contributed by atoms with E-state index in [1.165, 1.54) is 12.5 Å². The van der Waals surface area contributed by atoms with Crippen LogP contribution in [0, 0.1) is 5.92 Å². The Hall–Kier alpha value is -3.08. The van der Waals surface area contributed by atoms with Crippen LogP contribution in [0.2, 0.25) is 0 Å². The number of carboxylic acids is 2.